The van der Waals surface area contributed by atoms with Crippen molar-refractivity contribution in [2.45, 2.75) is 6.54 Å². The van der Waals surface area contributed by atoms with E-state index in [-0.39, 0.29) is 6.01 Å². The van der Waals surface area contributed by atoms with Crippen molar-refractivity contribution in [1.29, 1.82) is 0 Å². The number of aryl methyl sites for hydroxylation is 1. The third-order valence-electron chi connectivity index (χ3n) is 1.67. The maximum atomic E-state index is 5.38. The molecule has 0 unspecified atom stereocenters. The third kappa shape index (κ3) is 2.26. The quantitative estimate of drug-likeness (QED) is 0.751. The minimum Gasteiger partial charge on any atom is -0.402 e. The monoisotopic (exact) mass is 206 g/mol. The molecule has 0 radical (unpaired) electrons. The van der Waals surface area contributed by atoms with Crippen LogP contribution in [0, 0.1) is 0 Å². The van der Waals surface area contributed by atoms with Crippen LogP contribution in [0.1, 0.15) is 5.69 Å². The molecule has 2 aromatic heterocycles. The molecule has 7 nitrogen and oxygen atoms in total. The van der Waals surface area contributed by atoms with Gasteiger partial charge >= 0.3 is 6.01 Å². The Bertz CT molecular complexity index is 437. The van der Waals surface area contributed by atoms with Crippen molar-refractivity contribution < 1.29 is 4.74 Å². The van der Waals surface area contributed by atoms with E-state index in [0.717, 1.165) is 0 Å². The molecular formula is C8H10N6O. The highest BCUT2D eigenvalue weighted by Gasteiger charge is 2.03. The minimum atomic E-state index is 0.243. The van der Waals surface area contributed by atoms with E-state index >= 15 is 0 Å². The third-order valence-corrected chi connectivity index (χ3v) is 1.67. The van der Waals surface area contributed by atoms with Gasteiger partial charge in [-0.2, -0.15) is 4.98 Å². The summed E-state index contributed by atoms with van der Waals surface area (Å²) in [4.78, 5) is 11.9. The van der Waals surface area contributed by atoms with E-state index in [9.17, 15) is 0 Å². The molecule has 0 spiro atoms. The number of nitrogens with two attached hydrogens (primary N) is 1. The molecule has 15 heavy (non-hydrogen) atoms. The lowest BCUT2D eigenvalue weighted by Gasteiger charge is -1.99. The molecule has 0 saturated heterocycles. The lowest BCUT2D eigenvalue weighted by molar-refractivity contribution is 0.419. The fraction of sp³-hybridized carbons (Fsp3) is 0.250. The molecule has 0 fully saturated rings. The Balaban J connectivity index is 2.11. The number of aromatic nitrogens is 5. The molecule has 7 heteroatoms. The number of hydrogen-bond donors (Lipinski definition) is 1. The number of ether oxygens (including phenoxy) is 1. The maximum Gasteiger partial charge on any atom is 0.342 e. The molecule has 78 valence electrons. The van der Waals surface area contributed by atoms with Crippen molar-refractivity contribution in [3.05, 3.63) is 24.4 Å². The average molecular weight is 206 g/mol. The van der Waals surface area contributed by atoms with E-state index in [1.165, 1.54) is 17.2 Å². The second-order valence-electron chi connectivity index (χ2n) is 2.85. The summed E-state index contributed by atoms with van der Waals surface area (Å²) in [5.41, 5.74) is 6.09. The molecule has 0 atom stereocenters. The Morgan fingerprint density at radius 2 is 2.20 bits per heavy atom. The van der Waals surface area contributed by atoms with E-state index in [0.29, 0.717) is 18.1 Å². The van der Waals surface area contributed by atoms with Gasteiger partial charge in [-0.3, -0.25) is 9.67 Å². The Morgan fingerprint density at radius 1 is 1.33 bits per heavy atom. The Hall–Kier alpha value is -2.02. The van der Waals surface area contributed by atoms with E-state index in [1.807, 2.05) is 0 Å². The number of hydrogen-bond acceptors (Lipinski definition) is 6. The summed E-state index contributed by atoms with van der Waals surface area (Å²) in [6.45, 7) is 0.356. The molecular weight excluding hydrogens is 196 g/mol. The van der Waals surface area contributed by atoms with Gasteiger partial charge in [0.1, 0.15) is 6.33 Å². The summed E-state index contributed by atoms with van der Waals surface area (Å²) < 4.78 is 6.78. The SMILES string of the molecule is Cn1cnc(Oc2cnc(CN)cn2)n1. The Morgan fingerprint density at radius 3 is 2.73 bits per heavy atom. The first kappa shape index (κ1) is 9.53. The molecule has 2 N–H and O–H groups in total. The predicted molar refractivity (Wildman–Crippen MR) is 51.0 cm³/mol. The van der Waals surface area contributed by atoms with Gasteiger partial charge in [0.05, 0.1) is 18.1 Å². The second-order valence-corrected chi connectivity index (χ2v) is 2.85. The summed E-state index contributed by atoms with van der Waals surface area (Å²) in [5.74, 6) is 0.346. The van der Waals surface area contributed by atoms with E-state index < -0.39 is 0 Å². The van der Waals surface area contributed by atoms with Crippen molar-refractivity contribution >= 4 is 0 Å². The predicted octanol–water partition coefficient (Wildman–Crippen LogP) is -0.144. The van der Waals surface area contributed by atoms with Gasteiger partial charge in [0.15, 0.2) is 0 Å². The van der Waals surface area contributed by atoms with Gasteiger partial charge in [-0.15, -0.1) is 5.10 Å². The zero-order chi connectivity index (χ0) is 10.7. The number of nitrogens with zero attached hydrogens (tertiary/aromatic N) is 5. The molecule has 0 aliphatic carbocycles. The van der Waals surface area contributed by atoms with Gasteiger partial charge < -0.3 is 10.5 Å². The van der Waals surface area contributed by atoms with Crippen molar-refractivity contribution in [2.75, 3.05) is 0 Å². The lowest BCUT2D eigenvalue weighted by atomic mass is 10.5. The van der Waals surface area contributed by atoms with Crippen LogP contribution in [0.5, 0.6) is 11.9 Å². The Labute approximate surface area is 85.9 Å². The van der Waals surface area contributed by atoms with Crippen molar-refractivity contribution in [1.82, 2.24) is 24.7 Å². The molecule has 0 amide bonds. The van der Waals surface area contributed by atoms with Crippen LogP contribution in [0.2, 0.25) is 0 Å². The highest BCUT2D eigenvalue weighted by molar-refractivity contribution is 5.11. The molecule has 2 rings (SSSR count). The van der Waals surface area contributed by atoms with Crippen molar-refractivity contribution in [2.24, 2.45) is 12.8 Å². The van der Waals surface area contributed by atoms with Crippen LogP contribution in [0.15, 0.2) is 18.7 Å². The fourth-order valence-electron chi connectivity index (χ4n) is 0.961. The van der Waals surface area contributed by atoms with Crippen LogP contribution < -0.4 is 10.5 Å². The lowest BCUT2D eigenvalue weighted by Crippen LogP contribution is -2.00. The van der Waals surface area contributed by atoms with E-state index in [4.69, 9.17) is 10.5 Å². The summed E-state index contributed by atoms with van der Waals surface area (Å²) in [6, 6.07) is 0.243. The van der Waals surface area contributed by atoms with Crippen molar-refractivity contribution in [3.63, 3.8) is 0 Å². The Kier molecular flexibility index (Phi) is 2.55. The summed E-state index contributed by atoms with van der Waals surface area (Å²) >= 11 is 0. The van der Waals surface area contributed by atoms with E-state index in [1.54, 1.807) is 13.2 Å². The molecule has 0 aliphatic heterocycles. The smallest absolute Gasteiger partial charge is 0.342 e. The first-order valence-electron chi connectivity index (χ1n) is 4.32. The standard InChI is InChI=1S/C8H10N6O/c1-14-5-12-8(13-14)15-7-4-10-6(2-9)3-11-7/h3-5H,2,9H2,1H3. The topological polar surface area (TPSA) is 91.7 Å². The summed E-state index contributed by atoms with van der Waals surface area (Å²) in [7, 11) is 1.75. The molecule has 0 bridgehead atoms. The van der Waals surface area contributed by atoms with Gasteiger partial charge in [0.25, 0.3) is 0 Å². The molecule has 0 aliphatic rings. The van der Waals surface area contributed by atoms with Gasteiger partial charge in [-0.05, 0) is 0 Å². The largest absolute Gasteiger partial charge is 0.402 e. The maximum absolute atomic E-state index is 5.38. The van der Waals surface area contributed by atoms with Crippen LogP contribution in [0.4, 0.5) is 0 Å². The first-order valence-corrected chi connectivity index (χ1v) is 4.32. The zero-order valence-electron chi connectivity index (χ0n) is 8.16. The van der Waals surface area contributed by atoms with Crippen LogP contribution in [-0.2, 0) is 13.6 Å². The fourth-order valence-corrected chi connectivity index (χ4v) is 0.961. The highest BCUT2D eigenvalue weighted by atomic mass is 16.5. The number of rotatable bonds is 3. The first-order chi connectivity index (χ1) is 7.28. The van der Waals surface area contributed by atoms with Crippen LogP contribution in [-0.4, -0.2) is 24.7 Å². The summed E-state index contributed by atoms with van der Waals surface area (Å²) in [6.07, 6.45) is 4.58. The second kappa shape index (κ2) is 4.01. The van der Waals surface area contributed by atoms with Crippen molar-refractivity contribution in [3.8, 4) is 11.9 Å². The van der Waals surface area contributed by atoms with Crippen LogP contribution in [0.25, 0.3) is 0 Å². The van der Waals surface area contributed by atoms with Crippen LogP contribution >= 0.6 is 0 Å². The summed E-state index contributed by atoms with van der Waals surface area (Å²) in [5, 5.41) is 3.94. The minimum absolute atomic E-state index is 0.243. The molecule has 0 saturated carbocycles. The molecule has 0 aromatic carbocycles. The normalized spacial score (nSPS) is 10.3. The average Bonchev–Trinajstić information content (AvgIpc) is 2.65. The van der Waals surface area contributed by atoms with Gasteiger partial charge in [-0.25, -0.2) is 4.98 Å². The zero-order valence-corrected chi connectivity index (χ0v) is 8.16. The van der Waals surface area contributed by atoms with Gasteiger partial charge in [0, 0.05) is 13.6 Å². The molecule has 2 aromatic rings. The van der Waals surface area contributed by atoms with Gasteiger partial charge in [0.2, 0.25) is 5.88 Å². The van der Waals surface area contributed by atoms with E-state index in [2.05, 4.69) is 20.1 Å². The highest BCUT2D eigenvalue weighted by Crippen LogP contribution is 2.11. The van der Waals surface area contributed by atoms with Gasteiger partial charge in [-0.1, -0.05) is 0 Å². The molecule has 2 heterocycles. The van der Waals surface area contributed by atoms with Crippen LogP contribution in [0.3, 0.4) is 0 Å².